The largest absolute Gasteiger partial charge is 0.491 e. The van der Waals surface area contributed by atoms with Gasteiger partial charge in [-0.05, 0) is 50.1 Å². The first kappa shape index (κ1) is 20.2. The quantitative estimate of drug-likeness (QED) is 0.588. The first-order valence-corrected chi connectivity index (χ1v) is 9.68. The van der Waals surface area contributed by atoms with Crippen molar-refractivity contribution in [1.29, 1.82) is 0 Å². The predicted octanol–water partition coefficient (Wildman–Crippen LogP) is 4.65. The van der Waals surface area contributed by atoms with E-state index in [1.54, 1.807) is 6.26 Å². The normalized spacial score (nSPS) is 12.3. The van der Waals surface area contributed by atoms with Gasteiger partial charge in [-0.2, -0.15) is 0 Å². The van der Waals surface area contributed by atoms with E-state index in [4.69, 9.17) is 9.15 Å². The fourth-order valence-electron chi connectivity index (χ4n) is 3.26. The van der Waals surface area contributed by atoms with Crippen molar-refractivity contribution in [3.05, 3.63) is 88.9 Å². The molecule has 3 rings (SSSR count). The molecule has 4 heteroatoms. The van der Waals surface area contributed by atoms with Crippen LogP contribution in [0, 0.1) is 20.8 Å². The second kappa shape index (κ2) is 9.58. The topological polar surface area (TPSA) is 45.8 Å². The van der Waals surface area contributed by atoms with Crippen LogP contribution >= 0.6 is 0 Å². The van der Waals surface area contributed by atoms with Crippen molar-refractivity contribution in [1.82, 2.24) is 4.90 Å². The highest BCUT2D eigenvalue weighted by atomic mass is 16.5. The number of hydrogen-bond acceptors (Lipinski definition) is 4. The minimum absolute atomic E-state index is 0.256. The molecule has 148 valence electrons. The Bertz CT molecular complexity index is 856. The van der Waals surface area contributed by atoms with Crippen molar-refractivity contribution in [3.8, 4) is 5.75 Å². The number of ether oxygens (including phenoxy) is 1. The third-order valence-corrected chi connectivity index (χ3v) is 4.72. The maximum absolute atomic E-state index is 10.6. The molecule has 3 aromatic rings. The third kappa shape index (κ3) is 5.98. The molecule has 0 fully saturated rings. The zero-order valence-electron chi connectivity index (χ0n) is 16.9. The van der Waals surface area contributed by atoms with Gasteiger partial charge in [-0.25, -0.2) is 0 Å². The van der Waals surface area contributed by atoms with E-state index in [2.05, 4.69) is 49.1 Å². The number of benzene rings is 2. The highest BCUT2D eigenvalue weighted by Crippen LogP contribution is 2.19. The Morgan fingerprint density at radius 1 is 0.964 bits per heavy atom. The van der Waals surface area contributed by atoms with Crippen LogP contribution in [-0.2, 0) is 13.1 Å². The second-order valence-electron chi connectivity index (χ2n) is 7.47. The summed E-state index contributed by atoms with van der Waals surface area (Å²) < 4.78 is 11.4. The summed E-state index contributed by atoms with van der Waals surface area (Å²) in [6.07, 6.45) is 1.08. The molecular weight excluding hydrogens is 350 g/mol. The molecule has 0 aliphatic heterocycles. The van der Waals surface area contributed by atoms with Gasteiger partial charge in [0.1, 0.15) is 24.2 Å². The number of nitrogens with zero attached hydrogens (tertiary/aromatic N) is 1. The highest BCUT2D eigenvalue weighted by Gasteiger charge is 2.15. The molecule has 4 nitrogen and oxygen atoms in total. The van der Waals surface area contributed by atoms with Gasteiger partial charge < -0.3 is 14.3 Å². The van der Waals surface area contributed by atoms with Crippen LogP contribution in [0.3, 0.4) is 0 Å². The van der Waals surface area contributed by atoms with Crippen LogP contribution in [-0.4, -0.2) is 29.3 Å². The summed E-state index contributed by atoms with van der Waals surface area (Å²) in [5.74, 6) is 1.70. The number of furan rings is 1. The summed E-state index contributed by atoms with van der Waals surface area (Å²) in [7, 11) is 0. The Labute approximate surface area is 167 Å². The van der Waals surface area contributed by atoms with Crippen LogP contribution in [0.4, 0.5) is 0 Å². The van der Waals surface area contributed by atoms with Gasteiger partial charge in [0.25, 0.3) is 0 Å². The van der Waals surface area contributed by atoms with Crippen molar-refractivity contribution in [3.63, 3.8) is 0 Å². The Hall–Kier alpha value is -2.56. The van der Waals surface area contributed by atoms with E-state index in [-0.39, 0.29) is 6.61 Å². The van der Waals surface area contributed by atoms with E-state index < -0.39 is 6.10 Å². The molecule has 0 bridgehead atoms. The standard InChI is InChI=1S/C24H29NO3/c1-18-6-9-21(10-7-18)14-25(16-23-5-4-12-27-23)15-22(26)17-28-24-11-8-19(2)13-20(24)3/h4-13,22,26H,14-17H2,1-3H3. The van der Waals surface area contributed by atoms with Gasteiger partial charge in [-0.3, -0.25) is 4.90 Å². The Kier molecular flexibility index (Phi) is 6.90. The summed E-state index contributed by atoms with van der Waals surface area (Å²) in [6, 6.07) is 18.4. The second-order valence-corrected chi connectivity index (χ2v) is 7.47. The van der Waals surface area contributed by atoms with Crippen molar-refractivity contribution in [2.24, 2.45) is 0 Å². The highest BCUT2D eigenvalue weighted by molar-refractivity contribution is 5.35. The van der Waals surface area contributed by atoms with Crippen molar-refractivity contribution >= 4 is 0 Å². The van der Waals surface area contributed by atoms with Crippen molar-refractivity contribution in [2.45, 2.75) is 40.0 Å². The first-order chi connectivity index (χ1) is 13.5. The first-order valence-electron chi connectivity index (χ1n) is 9.68. The summed E-state index contributed by atoms with van der Waals surface area (Å²) in [5.41, 5.74) is 4.73. The molecule has 1 atom stereocenters. The fraction of sp³-hybridized carbons (Fsp3) is 0.333. The molecule has 0 radical (unpaired) electrons. The molecule has 0 aliphatic carbocycles. The van der Waals surface area contributed by atoms with E-state index in [1.807, 2.05) is 31.2 Å². The predicted molar refractivity (Wildman–Crippen MR) is 111 cm³/mol. The van der Waals surface area contributed by atoms with Gasteiger partial charge in [-0.15, -0.1) is 0 Å². The molecule has 28 heavy (non-hydrogen) atoms. The van der Waals surface area contributed by atoms with Crippen molar-refractivity contribution in [2.75, 3.05) is 13.2 Å². The molecule has 0 saturated heterocycles. The van der Waals surface area contributed by atoms with E-state index in [0.29, 0.717) is 13.1 Å². The zero-order chi connectivity index (χ0) is 19.9. The zero-order valence-corrected chi connectivity index (χ0v) is 16.9. The maximum atomic E-state index is 10.6. The van der Waals surface area contributed by atoms with E-state index in [0.717, 1.165) is 23.6 Å². The lowest BCUT2D eigenvalue weighted by Gasteiger charge is -2.24. The third-order valence-electron chi connectivity index (χ3n) is 4.72. The molecule has 0 spiro atoms. The molecule has 0 aliphatic rings. The number of hydrogen-bond donors (Lipinski definition) is 1. The molecule has 1 unspecified atom stereocenters. The van der Waals surface area contributed by atoms with Crippen LogP contribution in [0.2, 0.25) is 0 Å². The number of aliphatic hydroxyl groups excluding tert-OH is 1. The minimum Gasteiger partial charge on any atom is -0.491 e. The minimum atomic E-state index is -0.596. The molecule has 2 aromatic carbocycles. The van der Waals surface area contributed by atoms with E-state index in [9.17, 15) is 5.11 Å². The number of aryl methyl sites for hydroxylation is 3. The number of aliphatic hydroxyl groups is 1. The SMILES string of the molecule is Cc1ccc(CN(Cc2ccco2)CC(O)COc2ccc(C)cc2C)cc1. The summed E-state index contributed by atoms with van der Waals surface area (Å²) in [6.45, 7) is 8.30. The van der Waals surface area contributed by atoms with Crippen LogP contribution < -0.4 is 4.74 Å². The van der Waals surface area contributed by atoms with Gasteiger partial charge in [0, 0.05) is 13.1 Å². The molecular formula is C24H29NO3. The Balaban J connectivity index is 1.61. The summed E-state index contributed by atoms with van der Waals surface area (Å²) in [5, 5.41) is 10.6. The molecule has 1 N–H and O–H groups in total. The smallest absolute Gasteiger partial charge is 0.122 e. The van der Waals surface area contributed by atoms with Gasteiger partial charge in [0.15, 0.2) is 0 Å². The summed E-state index contributed by atoms with van der Waals surface area (Å²) >= 11 is 0. The van der Waals surface area contributed by atoms with Gasteiger partial charge in [-0.1, -0.05) is 47.5 Å². The van der Waals surface area contributed by atoms with Gasteiger partial charge in [0.2, 0.25) is 0 Å². The molecule has 0 saturated carbocycles. The van der Waals surface area contributed by atoms with Gasteiger partial charge in [0.05, 0.1) is 12.8 Å². The molecule has 1 heterocycles. The molecule has 1 aromatic heterocycles. The van der Waals surface area contributed by atoms with Crippen LogP contribution in [0.15, 0.2) is 65.3 Å². The van der Waals surface area contributed by atoms with Crippen molar-refractivity contribution < 1.29 is 14.3 Å². The van der Waals surface area contributed by atoms with Crippen LogP contribution in [0.1, 0.15) is 28.0 Å². The average Bonchev–Trinajstić information content (AvgIpc) is 3.16. The molecule has 0 amide bonds. The average molecular weight is 380 g/mol. The van der Waals surface area contributed by atoms with E-state index in [1.165, 1.54) is 16.7 Å². The Morgan fingerprint density at radius 2 is 1.71 bits per heavy atom. The lowest BCUT2D eigenvalue weighted by atomic mass is 10.1. The maximum Gasteiger partial charge on any atom is 0.122 e. The van der Waals surface area contributed by atoms with E-state index >= 15 is 0 Å². The van der Waals surface area contributed by atoms with Crippen LogP contribution in [0.5, 0.6) is 5.75 Å². The van der Waals surface area contributed by atoms with Gasteiger partial charge >= 0.3 is 0 Å². The lowest BCUT2D eigenvalue weighted by molar-refractivity contribution is 0.0602. The monoisotopic (exact) mass is 379 g/mol. The Morgan fingerprint density at radius 3 is 2.39 bits per heavy atom. The fourth-order valence-corrected chi connectivity index (χ4v) is 3.26. The lowest BCUT2D eigenvalue weighted by Crippen LogP contribution is -2.35. The number of rotatable bonds is 9. The van der Waals surface area contributed by atoms with Crippen LogP contribution in [0.25, 0.3) is 0 Å². The summed E-state index contributed by atoms with van der Waals surface area (Å²) in [4.78, 5) is 2.18.